The lowest BCUT2D eigenvalue weighted by Gasteiger charge is -2.15. The van der Waals surface area contributed by atoms with Crippen LogP contribution in [0.3, 0.4) is 0 Å². The number of aliphatic hydroxyl groups excluding tert-OH is 1. The smallest absolute Gasteiger partial charge is 0.123 e. The fourth-order valence-electron chi connectivity index (χ4n) is 2.20. The Morgan fingerprint density at radius 1 is 1.16 bits per heavy atom. The van der Waals surface area contributed by atoms with Crippen molar-refractivity contribution in [1.82, 2.24) is 0 Å². The number of hydrogen-bond acceptors (Lipinski definition) is 1. The van der Waals surface area contributed by atoms with Crippen molar-refractivity contribution in [1.29, 1.82) is 0 Å². The molecule has 2 rings (SSSR count). The summed E-state index contributed by atoms with van der Waals surface area (Å²) >= 11 is 6.02. The van der Waals surface area contributed by atoms with E-state index in [4.69, 9.17) is 11.6 Å². The Bertz CT molecular complexity index is 568. The molecule has 0 aliphatic rings. The maximum absolute atomic E-state index is 13.2. The predicted octanol–water partition coefficient (Wildman–Crippen LogP) is 4.32. The van der Waals surface area contributed by atoms with Crippen molar-refractivity contribution in [2.24, 2.45) is 0 Å². The topological polar surface area (TPSA) is 20.2 Å². The lowest BCUT2D eigenvalue weighted by molar-refractivity contribution is 0.177. The molecule has 1 atom stereocenters. The Morgan fingerprint density at radius 3 is 2.63 bits per heavy atom. The molecule has 1 nitrogen and oxygen atoms in total. The molecule has 19 heavy (non-hydrogen) atoms. The third-order valence-electron chi connectivity index (χ3n) is 3.22. The molecular weight excluding hydrogens is 263 g/mol. The highest BCUT2D eigenvalue weighted by atomic mass is 35.5. The summed E-state index contributed by atoms with van der Waals surface area (Å²) in [5.41, 5.74) is 2.60. The van der Waals surface area contributed by atoms with Crippen LogP contribution in [0.5, 0.6) is 0 Å². The summed E-state index contributed by atoms with van der Waals surface area (Å²) in [6.07, 6.45) is 0.494. The average molecular weight is 279 g/mol. The van der Waals surface area contributed by atoms with Crippen LogP contribution in [0.2, 0.25) is 5.02 Å². The molecule has 2 aromatic carbocycles. The van der Waals surface area contributed by atoms with Gasteiger partial charge in [0.15, 0.2) is 0 Å². The second kappa shape index (κ2) is 6.18. The molecule has 0 fully saturated rings. The van der Waals surface area contributed by atoms with E-state index in [1.54, 1.807) is 0 Å². The number of aliphatic hydroxyl groups is 1. The largest absolute Gasteiger partial charge is 0.388 e. The fraction of sp³-hybridized carbons (Fsp3) is 0.250. The summed E-state index contributed by atoms with van der Waals surface area (Å²) in [6, 6.07) is 11.9. The van der Waals surface area contributed by atoms with Crippen molar-refractivity contribution in [3.05, 3.63) is 70.0 Å². The second-order valence-electron chi connectivity index (χ2n) is 4.51. The van der Waals surface area contributed by atoms with Gasteiger partial charge in [0, 0.05) is 11.4 Å². The van der Waals surface area contributed by atoms with E-state index in [0.717, 1.165) is 17.5 Å². The molecule has 0 heterocycles. The van der Waals surface area contributed by atoms with Gasteiger partial charge in [-0.2, -0.15) is 0 Å². The van der Waals surface area contributed by atoms with Gasteiger partial charge in [-0.15, -0.1) is 0 Å². The Kier molecular flexibility index (Phi) is 4.56. The van der Waals surface area contributed by atoms with Gasteiger partial charge >= 0.3 is 0 Å². The van der Waals surface area contributed by atoms with Gasteiger partial charge < -0.3 is 5.11 Å². The summed E-state index contributed by atoms with van der Waals surface area (Å²) in [5, 5.41) is 10.8. The number of halogens is 2. The third-order valence-corrected chi connectivity index (χ3v) is 3.58. The van der Waals surface area contributed by atoms with E-state index < -0.39 is 6.10 Å². The van der Waals surface area contributed by atoms with Crippen molar-refractivity contribution in [2.75, 3.05) is 0 Å². The maximum Gasteiger partial charge on any atom is 0.123 e. The van der Waals surface area contributed by atoms with E-state index in [1.807, 2.05) is 31.2 Å². The number of benzene rings is 2. The van der Waals surface area contributed by atoms with Gasteiger partial charge in [0.2, 0.25) is 0 Å². The maximum atomic E-state index is 13.2. The van der Waals surface area contributed by atoms with E-state index in [1.165, 1.54) is 18.2 Å². The first-order chi connectivity index (χ1) is 9.11. The Morgan fingerprint density at radius 2 is 1.89 bits per heavy atom. The van der Waals surface area contributed by atoms with Crippen molar-refractivity contribution in [2.45, 2.75) is 25.9 Å². The van der Waals surface area contributed by atoms with Crippen molar-refractivity contribution in [3.8, 4) is 0 Å². The van der Waals surface area contributed by atoms with Crippen LogP contribution in [0.15, 0.2) is 42.5 Å². The summed E-state index contributed by atoms with van der Waals surface area (Å²) in [6.45, 7) is 2.04. The van der Waals surface area contributed by atoms with Crippen molar-refractivity contribution in [3.63, 3.8) is 0 Å². The summed E-state index contributed by atoms with van der Waals surface area (Å²) < 4.78 is 13.2. The molecule has 1 unspecified atom stereocenters. The Hall–Kier alpha value is -1.38. The minimum atomic E-state index is -0.671. The molecule has 0 aliphatic heterocycles. The minimum Gasteiger partial charge on any atom is -0.388 e. The van der Waals surface area contributed by atoms with Crippen LogP contribution in [0.1, 0.15) is 29.7 Å². The second-order valence-corrected chi connectivity index (χ2v) is 4.92. The normalized spacial score (nSPS) is 12.4. The molecule has 0 saturated heterocycles. The molecule has 0 aliphatic carbocycles. The van der Waals surface area contributed by atoms with Crippen molar-refractivity contribution >= 4 is 11.6 Å². The number of rotatable bonds is 4. The number of aryl methyl sites for hydroxylation is 1. The van der Waals surface area contributed by atoms with Crippen LogP contribution in [0.4, 0.5) is 4.39 Å². The van der Waals surface area contributed by atoms with Crippen LogP contribution in [-0.2, 0) is 12.8 Å². The minimum absolute atomic E-state index is 0.313. The molecule has 2 aromatic rings. The van der Waals surface area contributed by atoms with Gasteiger partial charge in [-0.1, -0.05) is 42.8 Å². The lowest BCUT2D eigenvalue weighted by atomic mass is 9.96. The highest BCUT2D eigenvalue weighted by Gasteiger charge is 2.14. The summed E-state index contributed by atoms with van der Waals surface area (Å²) in [5.74, 6) is -0.338. The van der Waals surface area contributed by atoms with Crippen LogP contribution < -0.4 is 0 Å². The van der Waals surface area contributed by atoms with E-state index in [-0.39, 0.29) is 5.82 Å². The predicted molar refractivity (Wildman–Crippen MR) is 75.9 cm³/mol. The highest BCUT2D eigenvalue weighted by molar-refractivity contribution is 6.31. The molecular formula is C16H16ClFO. The van der Waals surface area contributed by atoms with Crippen LogP contribution in [0, 0.1) is 5.82 Å². The molecule has 0 spiro atoms. The average Bonchev–Trinajstić information content (AvgIpc) is 2.42. The third kappa shape index (κ3) is 3.34. The fourth-order valence-corrected chi connectivity index (χ4v) is 2.39. The van der Waals surface area contributed by atoms with Gasteiger partial charge in [-0.3, -0.25) is 0 Å². The van der Waals surface area contributed by atoms with Crippen LogP contribution >= 0.6 is 11.6 Å². The standard InChI is InChI=1S/C16H16ClFO/c1-2-11-5-3-4-6-14(11)16(19)10-12-9-13(18)7-8-15(12)17/h3-9,16,19H,2,10H2,1H3. The zero-order valence-corrected chi connectivity index (χ0v) is 11.5. The van der Waals surface area contributed by atoms with Gasteiger partial charge in [0.25, 0.3) is 0 Å². The molecule has 0 bridgehead atoms. The first kappa shape index (κ1) is 14.0. The van der Waals surface area contributed by atoms with Gasteiger partial charge in [0.05, 0.1) is 6.10 Å². The molecule has 100 valence electrons. The van der Waals surface area contributed by atoms with E-state index in [9.17, 15) is 9.50 Å². The SMILES string of the molecule is CCc1ccccc1C(O)Cc1cc(F)ccc1Cl. The molecule has 0 radical (unpaired) electrons. The summed E-state index contributed by atoms with van der Waals surface area (Å²) in [7, 11) is 0. The molecule has 0 amide bonds. The van der Waals surface area contributed by atoms with E-state index in [0.29, 0.717) is 17.0 Å². The van der Waals surface area contributed by atoms with E-state index in [2.05, 4.69) is 0 Å². The van der Waals surface area contributed by atoms with Crippen LogP contribution in [0.25, 0.3) is 0 Å². The zero-order valence-electron chi connectivity index (χ0n) is 10.7. The van der Waals surface area contributed by atoms with Crippen LogP contribution in [-0.4, -0.2) is 5.11 Å². The number of hydrogen-bond donors (Lipinski definition) is 1. The Labute approximate surface area is 117 Å². The first-order valence-corrected chi connectivity index (χ1v) is 6.69. The molecule has 1 N–H and O–H groups in total. The lowest BCUT2D eigenvalue weighted by Crippen LogP contribution is -2.05. The van der Waals surface area contributed by atoms with Crippen molar-refractivity contribution < 1.29 is 9.50 Å². The molecule has 0 saturated carbocycles. The van der Waals surface area contributed by atoms with Gasteiger partial charge in [-0.25, -0.2) is 4.39 Å². The van der Waals surface area contributed by atoms with Gasteiger partial charge in [0.1, 0.15) is 5.82 Å². The summed E-state index contributed by atoms with van der Waals surface area (Å²) in [4.78, 5) is 0. The quantitative estimate of drug-likeness (QED) is 0.883. The first-order valence-electron chi connectivity index (χ1n) is 6.31. The molecule has 0 aromatic heterocycles. The zero-order chi connectivity index (χ0) is 13.8. The van der Waals surface area contributed by atoms with E-state index >= 15 is 0 Å². The highest BCUT2D eigenvalue weighted by Crippen LogP contribution is 2.26. The molecule has 3 heteroatoms. The Balaban J connectivity index is 2.25. The van der Waals surface area contributed by atoms with Gasteiger partial charge in [-0.05, 0) is 41.3 Å². The monoisotopic (exact) mass is 278 g/mol.